The van der Waals surface area contributed by atoms with Gasteiger partial charge in [-0.1, -0.05) is 20.3 Å². The lowest BCUT2D eigenvalue weighted by molar-refractivity contribution is -0.140. The average Bonchev–Trinajstić information content (AvgIpc) is 2.98. The summed E-state index contributed by atoms with van der Waals surface area (Å²) >= 11 is 0. The van der Waals surface area contributed by atoms with Crippen LogP contribution < -0.4 is 0 Å². The second-order valence-corrected chi connectivity index (χ2v) is 5.67. The van der Waals surface area contributed by atoms with Crippen molar-refractivity contribution in [3.63, 3.8) is 0 Å². The Bertz CT molecular complexity index is 253. The molecule has 0 aliphatic heterocycles. The Balaban J connectivity index is 2.06. The molecule has 2 saturated carbocycles. The molecule has 2 unspecified atom stereocenters. The van der Waals surface area contributed by atoms with E-state index in [2.05, 4.69) is 18.7 Å². The molecule has 0 saturated heterocycles. The molecule has 0 heterocycles. The van der Waals surface area contributed by atoms with Crippen LogP contribution in [0.3, 0.4) is 0 Å². The van der Waals surface area contributed by atoms with Gasteiger partial charge in [-0.15, -0.1) is 0 Å². The van der Waals surface area contributed by atoms with E-state index in [9.17, 15) is 4.79 Å². The third kappa shape index (κ3) is 2.57. The first-order valence-electron chi connectivity index (χ1n) is 6.57. The number of nitrogens with zero attached hydrogens (tertiary/aromatic N) is 1. The third-order valence-electron chi connectivity index (χ3n) is 4.20. The van der Waals surface area contributed by atoms with Crippen molar-refractivity contribution in [2.24, 2.45) is 11.8 Å². The minimum atomic E-state index is -0.670. The van der Waals surface area contributed by atoms with Crippen LogP contribution in [-0.4, -0.2) is 34.6 Å². The first-order valence-corrected chi connectivity index (χ1v) is 6.57. The second kappa shape index (κ2) is 4.74. The van der Waals surface area contributed by atoms with Gasteiger partial charge in [-0.2, -0.15) is 0 Å². The molecule has 2 aliphatic rings. The lowest BCUT2D eigenvalue weighted by Gasteiger charge is -2.42. The number of hydrogen-bond acceptors (Lipinski definition) is 2. The number of carboxylic acid groups (broad SMARTS) is 1. The van der Waals surface area contributed by atoms with Crippen molar-refractivity contribution >= 4 is 5.97 Å². The summed E-state index contributed by atoms with van der Waals surface area (Å²) in [6.45, 7) is 4.82. The maximum absolute atomic E-state index is 11.0. The van der Waals surface area contributed by atoms with Crippen LogP contribution >= 0.6 is 0 Å². The molecule has 2 fully saturated rings. The van der Waals surface area contributed by atoms with E-state index in [1.165, 1.54) is 32.1 Å². The number of rotatable bonds is 4. The minimum Gasteiger partial charge on any atom is -0.480 e. The topological polar surface area (TPSA) is 40.5 Å². The maximum atomic E-state index is 11.0. The van der Waals surface area contributed by atoms with E-state index in [1.807, 2.05) is 0 Å². The highest BCUT2D eigenvalue weighted by atomic mass is 16.4. The quantitative estimate of drug-likeness (QED) is 0.798. The van der Waals surface area contributed by atoms with Crippen LogP contribution in [0.5, 0.6) is 0 Å². The van der Waals surface area contributed by atoms with Gasteiger partial charge in [0.15, 0.2) is 0 Å². The molecule has 0 amide bonds. The molecule has 0 aromatic rings. The van der Waals surface area contributed by atoms with E-state index in [0.29, 0.717) is 23.9 Å². The number of hydrogen-bond donors (Lipinski definition) is 1. The summed E-state index contributed by atoms with van der Waals surface area (Å²) in [5, 5.41) is 9.02. The van der Waals surface area contributed by atoms with Crippen molar-refractivity contribution in [1.82, 2.24) is 4.90 Å². The molecule has 2 aliphatic carbocycles. The Morgan fingerprint density at radius 3 is 2.19 bits per heavy atom. The molecule has 0 aromatic carbocycles. The highest BCUT2D eigenvalue weighted by Crippen LogP contribution is 2.38. The Morgan fingerprint density at radius 2 is 1.75 bits per heavy atom. The van der Waals surface area contributed by atoms with Gasteiger partial charge >= 0.3 is 5.97 Å². The van der Waals surface area contributed by atoms with E-state index in [-0.39, 0.29) is 6.54 Å². The molecule has 92 valence electrons. The average molecular weight is 225 g/mol. The first-order chi connectivity index (χ1) is 7.59. The van der Waals surface area contributed by atoms with Crippen LogP contribution in [-0.2, 0) is 4.79 Å². The van der Waals surface area contributed by atoms with Crippen molar-refractivity contribution in [2.75, 3.05) is 6.54 Å². The van der Waals surface area contributed by atoms with Crippen LogP contribution in [0.4, 0.5) is 0 Å². The molecule has 3 nitrogen and oxygen atoms in total. The van der Waals surface area contributed by atoms with Gasteiger partial charge in [0.25, 0.3) is 0 Å². The van der Waals surface area contributed by atoms with Crippen LogP contribution in [0.1, 0.15) is 46.0 Å². The van der Waals surface area contributed by atoms with Gasteiger partial charge in [0.2, 0.25) is 0 Å². The smallest absolute Gasteiger partial charge is 0.317 e. The summed E-state index contributed by atoms with van der Waals surface area (Å²) in [6, 6.07) is 1.06. The number of aliphatic carboxylic acids is 1. The summed E-state index contributed by atoms with van der Waals surface area (Å²) < 4.78 is 0. The Labute approximate surface area is 97.8 Å². The zero-order valence-corrected chi connectivity index (χ0v) is 10.4. The van der Waals surface area contributed by atoms with E-state index in [1.54, 1.807) is 0 Å². The third-order valence-corrected chi connectivity index (χ3v) is 4.20. The summed E-state index contributed by atoms with van der Waals surface area (Å²) in [6.07, 6.45) is 6.23. The lowest BCUT2D eigenvalue weighted by atomic mass is 9.77. The van der Waals surface area contributed by atoms with Gasteiger partial charge in [-0.25, -0.2) is 0 Å². The summed E-state index contributed by atoms with van der Waals surface area (Å²) in [5.41, 5.74) is 0. The van der Waals surface area contributed by atoms with Gasteiger partial charge in [-0.05, 0) is 37.5 Å². The first kappa shape index (κ1) is 11.9. The van der Waals surface area contributed by atoms with Crippen LogP contribution in [0.2, 0.25) is 0 Å². The molecule has 0 aromatic heterocycles. The summed E-state index contributed by atoms with van der Waals surface area (Å²) in [4.78, 5) is 13.2. The SMILES string of the molecule is CC1CCCC(C)C1N(CC(=O)O)C1CC1. The van der Waals surface area contributed by atoms with Crippen molar-refractivity contribution in [3.05, 3.63) is 0 Å². The monoisotopic (exact) mass is 225 g/mol. The summed E-state index contributed by atoms with van der Waals surface area (Å²) in [7, 11) is 0. The van der Waals surface area contributed by atoms with Gasteiger partial charge in [0.05, 0.1) is 6.54 Å². The molecule has 1 N–H and O–H groups in total. The van der Waals surface area contributed by atoms with Gasteiger partial charge in [0.1, 0.15) is 0 Å². The molecule has 0 bridgehead atoms. The van der Waals surface area contributed by atoms with Crippen molar-refractivity contribution in [1.29, 1.82) is 0 Å². The van der Waals surface area contributed by atoms with Crippen LogP contribution in [0, 0.1) is 11.8 Å². The van der Waals surface area contributed by atoms with Gasteiger partial charge < -0.3 is 5.11 Å². The zero-order chi connectivity index (χ0) is 11.7. The molecule has 2 atom stereocenters. The van der Waals surface area contributed by atoms with Crippen LogP contribution in [0.25, 0.3) is 0 Å². The molecule has 2 rings (SSSR count). The van der Waals surface area contributed by atoms with E-state index < -0.39 is 5.97 Å². The number of carboxylic acids is 1. The predicted molar refractivity (Wildman–Crippen MR) is 63.3 cm³/mol. The standard InChI is InChI=1S/C13H23NO2/c1-9-4-3-5-10(2)13(9)14(8-12(15)16)11-6-7-11/h9-11,13H,3-8H2,1-2H3,(H,15,16). The second-order valence-electron chi connectivity index (χ2n) is 5.67. The molecule has 16 heavy (non-hydrogen) atoms. The van der Waals surface area contributed by atoms with Crippen molar-refractivity contribution < 1.29 is 9.90 Å². The fraction of sp³-hybridized carbons (Fsp3) is 0.923. The highest BCUT2D eigenvalue weighted by molar-refractivity contribution is 5.69. The summed E-state index contributed by atoms with van der Waals surface area (Å²) in [5.74, 6) is 0.643. The molecular formula is C13H23NO2. The minimum absolute atomic E-state index is 0.240. The van der Waals surface area contributed by atoms with E-state index in [0.717, 1.165) is 0 Å². The fourth-order valence-corrected chi connectivity index (χ4v) is 3.36. The van der Waals surface area contributed by atoms with E-state index >= 15 is 0 Å². The Kier molecular flexibility index (Phi) is 3.53. The van der Waals surface area contributed by atoms with Crippen molar-refractivity contribution in [2.45, 2.75) is 58.0 Å². The maximum Gasteiger partial charge on any atom is 0.317 e. The molecule has 0 spiro atoms. The zero-order valence-electron chi connectivity index (χ0n) is 10.4. The Morgan fingerprint density at radius 1 is 1.19 bits per heavy atom. The lowest BCUT2D eigenvalue weighted by Crippen LogP contribution is -2.49. The van der Waals surface area contributed by atoms with Gasteiger partial charge in [0, 0.05) is 12.1 Å². The Hall–Kier alpha value is -0.570. The predicted octanol–water partition coefficient (Wildman–Crippen LogP) is 2.36. The molecular weight excluding hydrogens is 202 g/mol. The van der Waals surface area contributed by atoms with E-state index in [4.69, 9.17) is 5.11 Å². The normalized spacial score (nSPS) is 35.3. The van der Waals surface area contributed by atoms with Crippen molar-refractivity contribution in [3.8, 4) is 0 Å². The number of carbonyl (C=O) groups is 1. The van der Waals surface area contributed by atoms with Gasteiger partial charge in [-0.3, -0.25) is 9.69 Å². The van der Waals surface area contributed by atoms with Crippen LogP contribution in [0.15, 0.2) is 0 Å². The molecule has 0 radical (unpaired) electrons. The molecule has 3 heteroatoms. The largest absolute Gasteiger partial charge is 0.480 e. The fourth-order valence-electron chi connectivity index (χ4n) is 3.36. The highest BCUT2D eigenvalue weighted by Gasteiger charge is 2.40.